The molecule has 136 valence electrons. The van der Waals surface area contributed by atoms with Gasteiger partial charge < -0.3 is 5.11 Å². The van der Waals surface area contributed by atoms with E-state index in [4.69, 9.17) is 0 Å². The summed E-state index contributed by atoms with van der Waals surface area (Å²) < 4.78 is 65.0. The minimum absolute atomic E-state index is 0.107. The molecule has 1 heterocycles. The third-order valence-corrected chi connectivity index (χ3v) is 4.87. The molecule has 0 fully saturated rings. The number of hydrogen-bond acceptors (Lipinski definition) is 5. The van der Waals surface area contributed by atoms with Gasteiger partial charge in [-0.05, 0) is 36.2 Å². The second-order valence-electron chi connectivity index (χ2n) is 5.66. The van der Waals surface area contributed by atoms with Crippen molar-refractivity contribution in [2.75, 3.05) is 10.8 Å². The standard InChI is InChI=1S/C15H16F3N3O3S/c1-10(2)9-21(14-19-8-7-13(20-14)15(16,17)18)25(23,24)12-5-3-11(22)4-6-12/h3-8,10,22H,9H2,1-2H3. The Bertz CT molecular complexity index is 837. The van der Waals surface area contributed by atoms with Gasteiger partial charge in [-0.1, -0.05) is 13.8 Å². The fourth-order valence-electron chi connectivity index (χ4n) is 1.99. The monoisotopic (exact) mass is 375 g/mol. The lowest BCUT2D eigenvalue weighted by Gasteiger charge is -2.24. The molecule has 10 heteroatoms. The van der Waals surface area contributed by atoms with Crippen molar-refractivity contribution in [1.29, 1.82) is 0 Å². The molecule has 0 atom stereocenters. The van der Waals surface area contributed by atoms with Gasteiger partial charge in [-0.15, -0.1) is 0 Å². The van der Waals surface area contributed by atoms with Gasteiger partial charge in [0, 0.05) is 12.7 Å². The Morgan fingerprint density at radius 2 is 1.76 bits per heavy atom. The van der Waals surface area contributed by atoms with Gasteiger partial charge in [0.15, 0.2) is 0 Å². The second-order valence-corrected chi connectivity index (χ2v) is 7.53. The number of aromatic nitrogens is 2. The lowest BCUT2D eigenvalue weighted by Crippen LogP contribution is -2.36. The molecule has 0 saturated heterocycles. The summed E-state index contributed by atoms with van der Waals surface area (Å²) in [5, 5.41) is 9.29. The molecule has 2 rings (SSSR count). The van der Waals surface area contributed by atoms with Crippen molar-refractivity contribution in [2.45, 2.75) is 24.9 Å². The largest absolute Gasteiger partial charge is 0.508 e. The number of rotatable bonds is 5. The summed E-state index contributed by atoms with van der Waals surface area (Å²) in [7, 11) is -4.20. The number of hydrogen-bond donors (Lipinski definition) is 1. The van der Waals surface area contributed by atoms with E-state index in [2.05, 4.69) is 9.97 Å². The van der Waals surface area contributed by atoms with Crippen LogP contribution in [0.1, 0.15) is 19.5 Å². The van der Waals surface area contributed by atoms with Crippen LogP contribution in [0, 0.1) is 5.92 Å². The Balaban J connectivity index is 2.55. The first-order chi connectivity index (χ1) is 11.5. The number of nitrogens with zero attached hydrogens (tertiary/aromatic N) is 3. The second kappa shape index (κ2) is 6.87. The Hall–Kier alpha value is -2.36. The van der Waals surface area contributed by atoms with Crippen LogP contribution in [-0.4, -0.2) is 30.0 Å². The van der Waals surface area contributed by atoms with E-state index in [-0.39, 0.29) is 23.1 Å². The van der Waals surface area contributed by atoms with Crippen molar-refractivity contribution in [3.05, 3.63) is 42.2 Å². The SMILES string of the molecule is CC(C)CN(c1nccc(C(F)(F)F)n1)S(=O)(=O)c1ccc(O)cc1. The Morgan fingerprint density at radius 3 is 2.28 bits per heavy atom. The summed E-state index contributed by atoms with van der Waals surface area (Å²) in [4.78, 5) is 6.88. The predicted molar refractivity (Wildman–Crippen MR) is 84.5 cm³/mol. The molecule has 0 saturated carbocycles. The van der Waals surface area contributed by atoms with Crippen molar-refractivity contribution in [3.63, 3.8) is 0 Å². The van der Waals surface area contributed by atoms with Crippen LogP contribution in [0.5, 0.6) is 5.75 Å². The average Bonchev–Trinajstić information content (AvgIpc) is 2.52. The summed E-state index contributed by atoms with van der Waals surface area (Å²) in [6.07, 6.45) is -3.85. The molecule has 0 amide bonds. The molecule has 0 unspecified atom stereocenters. The van der Waals surface area contributed by atoms with Gasteiger partial charge in [-0.25, -0.2) is 22.7 Å². The Kier molecular flexibility index (Phi) is 5.21. The minimum atomic E-state index is -4.72. The fraction of sp³-hybridized carbons (Fsp3) is 0.333. The Morgan fingerprint density at radius 1 is 1.16 bits per heavy atom. The molecule has 2 aromatic rings. The molecule has 0 radical (unpaired) electrons. The third-order valence-electron chi connectivity index (χ3n) is 3.11. The number of sulfonamides is 1. The van der Waals surface area contributed by atoms with Crippen LogP contribution in [0.3, 0.4) is 0 Å². The molecule has 0 aliphatic rings. The van der Waals surface area contributed by atoms with Crippen LogP contribution in [0.15, 0.2) is 41.4 Å². The van der Waals surface area contributed by atoms with Crippen LogP contribution < -0.4 is 4.31 Å². The predicted octanol–water partition coefficient (Wildman–Crippen LogP) is 3.05. The normalized spacial score (nSPS) is 12.4. The molecule has 1 aromatic carbocycles. The first kappa shape index (κ1) is 19.0. The molecule has 1 N–H and O–H groups in total. The highest BCUT2D eigenvalue weighted by molar-refractivity contribution is 7.92. The van der Waals surface area contributed by atoms with Crippen LogP contribution in [0.25, 0.3) is 0 Å². The molecular weight excluding hydrogens is 359 g/mol. The van der Waals surface area contributed by atoms with E-state index in [9.17, 15) is 26.7 Å². The first-order valence-electron chi connectivity index (χ1n) is 7.24. The highest BCUT2D eigenvalue weighted by atomic mass is 32.2. The van der Waals surface area contributed by atoms with Crippen LogP contribution >= 0.6 is 0 Å². The van der Waals surface area contributed by atoms with E-state index in [1.807, 2.05) is 0 Å². The fourth-order valence-corrected chi connectivity index (χ4v) is 3.52. The van der Waals surface area contributed by atoms with Gasteiger partial charge in [0.05, 0.1) is 4.90 Å². The van der Waals surface area contributed by atoms with Crippen molar-refractivity contribution >= 4 is 16.0 Å². The summed E-state index contributed by atoms with van der Waals surface area (Å²) in [6, 6.07) is 5.34. The lowest BCUT2D eigenvalue weighted by molar-refractivity contribution is -0.141. The van der Waals surface area contributed by atoms with Gasteiger partial charge >= 0.3 is 6.18 Å². The molecule has 25 heavy (non-hydrogen) atoms. The van der Waals surface area contributed by atoms with Crippen LogP contribution in [-0.2, 0) is 16.2 Å². The summed E-state index contributed by atoms with van der Waals surface area (Å²) in [5.41, 5.74) is -1.23. The maximum atomic E-state index is 12.9. The quantitative estimate of drug-likeness (QED) is 0.868. The number of benzene rings is 1. The average molecular weight is 375 g/mol. The zero-order valence-corrected chi connectivity index (χ0v) is 14.2. The number of phenols is 1. The molecule has 0 aliphatic heterocycles. The van der Waals surface area contributed by atoms with E-state index in [0.717, 1.165) is 22.6 Å². The van der Waals surface area contributed by atoms with Gasteiger partial charge in [0.1, 0.15) is 11.4 Å². The molecule has 6 nitrogen and oxygen atoms in total. The number of phenolic OH excluding ortho intramolecular Hbond substituents is 1. The maximum absolute atomic E-state index is 12.9. The third kappa shape index (κ3) is 4.38. The number of anilines is 1. The van der Waals surface area contributed by atoms with Gasteiger partial charge in [0.25, 0.3) is 10.0 Å². The number of aromatic hydroxyl groups is 1. The van der Waals surface area contributed by atoms with Gasteiger partial charge in [-0.2, -0.15) is 13.2 Å². The van der Waals surface area contributed by atoms with E-state index in [0.29, 0.717) is 6.07 Å². The summed E-state index contributed by atoms with van der Waals surface area (Å²) in [6.45, 7) is 3.32. The molecule has 0 spiro atoms. The number of halogens is 3. The Labute approximate surface area is 143 Å². The first-order valence-corrected chi connectivity index (χ1v) is 8.68. The number of alkyl halides is 3. The van der Waals surface area contributed by atoms with Crippen LogP contribution in [0.4, 0.5) is 19.1 Å². The zero-order chi connectivity index (χ0) is 18.8. The summed E-state index contributed by atoms with van der Waals surface area (Å²) in [5.74, 6) is -0.883. The maximum Gasteiger partial charge on any atom is 0.433 e. The molecule has 1 aromatic heterocycles. The molecular formula is C15H16F3N3O3S. The van der Waals surface area contributed by atoms with E-state index in [1.165, 1.54) is 12.1 Å². The van der Waals surface area contributed by atoms with Crippen LogP contribution in [0.2, 0.25) is 0 Å². The molecule has 0 bridgehead atoms. The highest BCUT2D eigenvalue weighted by Gasteiger charge is 2.35. The zero-order valence-electron chi connectivity index (χ0n) is 13.4. The van der Waals surface area contributed by atoms with Crippen molar-refractivity contribution in [1.82, 2.24) is 9.97 Å². The van der Waals surface area contributed by atoms with E-state index in [1.54, 1.807) is 13.8 Å². The van der Waals surface area contributed by atoms with E-state index >= 15 is 0 Å². The van der Waals surface area contributed by atoms with E-state index < -0.39 is 27.8 Å². The lowest BCUT2D eigenvalue weighted by atomic mass is 10.2. The molecule has 0 aliphatic carbocycles. The van der Waals surface area contributed by atoms with Crippen molar-refractivity contribution in [3.8, 4) is 5.75 Å². The summed E-state index contributed by atoms with van der Waals surface area (Å²) >= 11 is 0. The highest BCUT2D eigenvalue weighted by Crippen LogP contribution is 2.30. The van der Waals surface area contributed by atoms with Gasteiger partial charge in [-0.3, -0.25) is 0 Å². The topological polar surface area (TPSA) is 83.4 Å². The minimum Gasteiger partial charge on any atom is -0.508 e. The van der Waals surface area contributed by atoms with Crippen molar-refractivity contribution in [2.24, 2.45) is 5.92 Å². The smallest absolute Gasteiger partial charge is 0.433 e. The van der Waals surface area contributed by atoms with Crippen molar-refractivity contribution < 1.29 is 26.7 Å². The van der Waals surface area contributed by atoms with Gasteiger partial charge in [0.2, 0.25) is 5.95 Å².